The number of rotatable bonds is 3. The topological polar surface area (TPSA) is 51.4 Å². The third-order valence-electron chi connectivity index (χ3n) is 2.68. The average Bonchev–Trinajstić information content (AvgIpc) is 2.71. The van der Waals surface area contributed by atoms with Crippen molar-refractivity contribution in [2.24, 2.45) is 0 Å². The monoisotopic (exact) mass is 207 g/mol. The van der Waals surface area contributed by atoms with Gasteiger partial charge in [-0.3, -0.25) is 0 Å². The Balaban J connectivity index is 2.00. The van der Waals surface area contributed by atoms with Gasteiger partial charge >= 0.3 is 0 Å². The van der Waals surface area contributed by atoms with Gasteiger partial charge in [-0.2, -0.15) is 0 Å². The molecule has 1 aromatic rings. The molecule has 15 heavy (non-hydrogen) atoms. The lowest BCUT2D eigenvalue weighted by Crippen LogP contribution is -2.29. The average molecular weight is 207 g/mol. The number of hydrogen-bond donors (Lipinski definition) is 1. The molecule has 0 spiro atoms. The van der Waals surface area contributed by atoms with Gasteiger partial charge in [0, 0.05) is 26.4 Å². The third kappa shape index (κ3) is 2.39. The van der Waals surface area contributed by atoms with E-state index in [9.17, 15) is 0 Å². The molecule has 1 atom stereocenters. The van der Waals surface area contributed by atoms with Crippen LogP contribution in [0.1, 0.15) is 12.8 Å². The van der Waals surface area contributed by atoms with Crippen molar-refractivity contribution in [1.29, 1.82) is 0 Å². The van der Waals surface area contributed by atoms with E-state index in [1.807, 2.05) is 19.2 Å². The fraction of sp³-hybridized carbons (Fsp3) is 0.545. The van der Waals surface area contributed by atoms with Crippen molar-refractivity contribution in [1.82, 2.24) is 4.98 Å². The summed E-state index contributed by atoms with van der Waals surface area (Å²) in [5.74, 6) is 0.841. The second-order valence-electron chi connectivity index (χ2n) is 3.93. The SMILES string of the molecule is CN(CC1CCCO1)c1ncccc1N. The van der Waals surface area contributed by atoms with Crippen molar-refractivity contribution >= 4 is 11.5 Å². The van der Waals surface area contributed by atoms with E-state index in [-0.39, 0.29) is 0 Å². The van der Waals surface area contributed by atoms with Crippen LogP contribution in [-0.4, -0.2) is 31.3 Å². The molecule has 1 unspecified atom stereocenters. The molecule has 0 radical (unpaired) electrons. The molecule has 4 nitrogen and oxygen atoms in total. The van der Waals surface area contributed by atoms with Gasteiger partial charge in [0.05, 0.1) is 11.8 Å². The Hall–Kier alpha value is -1.29. The minimum atomic E-state index is 0.330. The number of hydrogen-bond acceptors (Lipinski definition) is 4. The van der Waals surface area contributed by atoms with Crippen molar-refractivity contribution in [3.05, 3.63) is 18.3 Å². The molecule has 0 bridgehead atoms. The van der Waals surface area contributed by atoms with Crippen molar-refractivity contribution < 1.29 is 4.74 Å². The lowest BCUT2D eigenvalue weighted by atomic mass is 10.2. The minimum absolute atomic E-state index is 0.330. The normalized spacial score (nSPS) is 20.5. The Kier molecular flexibility index (Phi) is 3.06. The summed E-state index contributed by atoms with van der Waals surface area (Å²) in [6, 6.07) is 3.72. The largest absolute Gasteiger partial charge is 0.396 e. The van der Waals surface area contributed by atoms with Gasteiger partial charge in [0.2, 0.25) is 0 Å². The Morgan fingerprint density at radius 2 is 2.53 bits per heavy atom. The molecule has 0 aliphatic carbocycles. The van der Waals surface area contributed by atoms with Gasteiger partial charge < -0.3 is 15.4 Å². The highest BCUT2D eigenvalue weighted by Gasteiger charge is 2.18. The first kappa shape index (κ1) is 10.2. The van der Waals surface area contributed by atoms with Gasteiger partial charge in [0.1, 0.15) is 0 Å². The highest BCUT2D eigenvalue weighted by atomic mass is 16.5. The lowest BCUT2D eigenvalue weighted by molar-refractivity contribution is 0.116. The number of aromatic nitrogens is 1. The van der Waals surface area contributed by atoms with Crippen LogP contribution in [0.4, 0.5) is 11.5 Å². The molecule has 1 aliphatic rings. The highest BCUT2D eigenvalue weighted by molar-refractivity contribution is 5.61. The maximum atomic E-state index is 5.85. The Labute approximate surface area is 90.0 Å². The first-order valence-corrected chi connectivity index (χ1v) is 5.30. The van der Waals surface area contributed by atoms with Crippen LogP contribution in [0.5, 0.6) is 0 Å². The van der Waals surface area contributed by atoms with E-state index < -0.39 is 0 Å². The number of pyridine rings is 1. The van der Waals surface area contributed by atoms with Crippen molar-refractivity contribution in [2.75, 3.05) is 30.8 Å². The zero-order valence-electron chi connectivity index (χ0n) is 9.02. The van der Waals surface area contributed by atoms with Gasteiger partial charge in [-0.15, -0.1) is 0 Å². The number of nitrogens with zero attached hydrogens (tertiary/aromatic N) is 2. The molecule has 2 N–H and O–H groups in total. The molecular weight excluding hydrogens is 190 g/mol. The predicted octanol–water partition coefficient (Wildman–Crippen LogP) is 1.28. The van der Waals surface area contributed by atoms with E-state index >= 15 is 0 Å². The molecule has 0 saturated carbocycles. The zero-order chi connectivity index (χ0) is 10.7. The fourth-order valence-corrected chi connectivity index (χ4v) is 1.91. The highest BCUT2D eigenvalue weighted by Crippen LogP contribution is 2.20. The second-order valence-corrected chi connectivity index (χ2v) is 3.93. The van der Waals surface area contributed by atoms with Gasteiger partial charge in [-0.05, 0) is 25.0 Å². The summed E-state index contributed by atoms with van der Waals surface area (Å²) in [5.41, 5.74) is 6.57. The molecule has 1 aromatic heterocycles. The summed E-state index contributed by atoms with van der Waals surface area (Å²) in [6.45, 7) is 1.75. The zero-order valence-corrected chi connectivity index (χ0v) is 9.02. The Morgan fingerprint density at radius 1 is 1.67 bits per heavy atom. The van der Waals surface area contributed by atoms with Gasteiger partial charge in [-0.1, -0.05) is 0 Å². The molecule has 1 saturated heterocycles. The number of ether oxygens (including phenoxy) is 1. The van der Waals surface area contributed by atoms with Crippen LogP contribution < -0.4 is 10.6 Å². The van der Waals surface area contributed by atoms with Crippen LogP contribution in [0.15, 0.2) is 18.3 Å². The predicted molar refractivity (Wildman–Crippen MR) is 60.9 cm³/mol. The Bertz CT molecular complexity index is 323. The minimum Gasteiger partial charge on any atom is -0.396 e. The molecule has 82 valence electrons. The fourth-order valence-electron chi connectivity index (χ4n) is 1.91. The van der Waals surface area contributed by atoms with Gasteiger partial charge in [-0.25, -0.2) is 4.98 Å². The summed E-state index contributed by atoms with van der Waals surface area (Å²) < 4.78 is 5.57. The first-order chi connectivity index (χ1) is 7.27. The Morgan fingerprint density at radius 3 is 3.20 bits per heavy atom. The maximum Gasteiger partial charge on any atom is 0.151 e. The van der Waals surface area contributed by atoms with E-state index in [0.29, 0.717) is 6.10 Å². The number of anilines is 2. The summed E-state index contributed by atoms with van der Waals surface area (Å²) in [4.78, 5) is 6.33. The van der Waals surface area contributed by atoms with E-state index in [2.05, 4.69) is 9.88 Å². The molecule has 2 heterocycles. The maximum absolute atomic E-state index is 5.85. The summed E-state index contributed by atoms with van der Waals surface area (Å²) >= 11 is 0. The smallest absolute Gasteiger partial charge is 0.151 e. The summed E-state index contributed by atoms with van der Waals surface area (Å²) in [7, 11) is 2.00. The van der Waals surface area contributed by atoms with Crippen molar-refractivity contribution in [3.8, 4) is 0 Å². The van der Waals surface area contributed by atoms with Crippen LogP contribution >= 0.6 is 0 Å². The molecule has 1 fully saturated rings. The molecule has 1 aliphatic heterocycles. The molecule has 0 aromatic carbocycles. The van der Waals surface area contributed by atoms with E-state index in [1.165, 1.54) is 0 Å². The van der Waals surface area contributed by atoms with Gasteiger partial charge in [0.15, 0.2) is 5.82 Å². The van der Waals surface area contributed by atoms with Crippen LogP contribution in [-0.2, 0) is 4.74 Å². The second kappa shape index (κ2) is 4.49. The summed E-state index contributed by atoms with van der Waals surface area (Å²) in [6.07, 6.45) is 4.39. The van der Waals surface area contributed by atoms with E-state index in [1.54, 1.807) is 6.20 Å². The van der Waals surface area contributed by atoms with Gasteiger partial charge in [0.25, 0.3) is 0 Å². The number of likely N-dealkylation sites (N-methyl/N-ethyl adjacent to an activating group) is 1. The number of nitrogen functional groups attached to an aromatic ring is 1. The first-order valence-electron chi connectivity index (χ1n) is 5.30. The summed E-state index contributed by atoms with van der Waals surface area (Å²) in [5, 5.41) is 0. The third-order valence-corrected chi connectivity index (χ3v) is 2.68. The molecular formula is C11H17N3O. The van der Waals surface area contributed by atoms with Crippen LogP contribution in [0, 0.1) is 0 Å². The molecule has 2 rings (SSSR count). The van der Waals surface area contributed by atoms with E-state index in [4.69, 9.17) is 10.5 Å². The lowest BCUT2D eigenvalue weighted by Gasteiger charge is -2.22. The standard InChI is InChI=1S/C11H17N3O/c1-14(8-9-4-3-7-15-9)11-10(12)5-2-6-13-11/h2,5-6,9H,3-4,7-8,12H2,1H3. The molecule has 4 heteroatoms. The van der Waals surface area contributed by atoms with Crippen LogP contribution in [0.25, 0.3) is 0 Å². The van der Waals surface area contributed by atoms with Crippen LogP contribution in [0.3, 0.4) is 0 Å². The number of nitrogens with two attached hydrogens (primary N) is 1. The van der Waals surface area contributed by atoms with E-state index in [0.717, 1.165) is 37.5 Å². The van der Waals surface area contributed by atoms with Crippen LogP contribution in [0.2, 0.25) is 0 Å². The molecule has 0 amide bonds. The quantitative estimate of drug-likeness (QED) is 0.811. The van der Waals surface area contributed by atoms with Crippen molar-refractivity contribution in [3.63, 3.8) is 0 Å². The van der Waals surface area contributed by atoms with Crippen molar-refractivity contribution in [2.45, 2.75) is 18.9 Å².